The molecular weight excluding hydrogens is 200 g/mol. The Kier molecular flexibility index (Phi) is 3.34. The van der Waals surface area contributed by atoms with Gasteiger partial charge in [-0.25, -0.2) is 0 Å². The van der Waals surface area contributed by atoms with Crippen LogP contribution >= 0.6 is 0 Å². The lowest BCUT2D eigenvalue weighted by molar-refractivity contribution is 0.411. The van der Waals surface area contributed by atoms with Gasteiger partial charge < -0.3 is 15.0 Å². The normalized spacial score (nSPS) is 21.1. The average molecular weight is 220 g/mol. The number of likely N-dealkylation sites (N-methyl/N-ethyl adjacent to an activating group) is 1. The maximum absolute atomic E-state index is 5.25. The van der Waals surface area contributed by atoms with Crippen molar-refractivity contribution in [1.29, 1.82) is 0 Å². The van der Waals surface area contributed by atoms with Crippen LogP contribution in [-0.2, 0) is 0 Å². The lowest BCUT2D eigenvalue weighted by atomic mass is 10.1. The molecule has 2 rings (SSSR count). The van der Waals surface area contributed by atoms with Gasteiger partial charge in [-0.15, -0.1) is 0 Å². The Labute approximate surface area is 97.4 Å². The van der Waals surface area contributed by atoms with Crippen LogP contribution in [0.2, 0.25) is 0 Å². The second kappa shape index (κ2) is 4.74. The molecule has 1 heterocycles. The Hall–Kier alpha value is -1.22. The number of anilines is 1. The van der Waals surface area contributed by atoms with Gasteiger partial charge in [-0.05, 0) is 50.7 Å². The molecule has 1 aliphatic heterocycles. The Morgan fingerprint density at radius 3 is 2.81 bits per heavy atom. The van der Waals surface area contributed by atoms with Gasteiger partial charge in [0.05, 0.1) is 7.11 Å². The molecule has 1 unspecified atom stereocenters. The minimum Gasteiger partial charge on any atom is -0.496 e. The van der Waals surface area contributed by atoms with E-state index in [4.69, 9.17) is 4.74 Å². The number of methoxy groups -OCH3 is 1. The highest BCUT2D eigenvalue weighted by molar-refractivity contribution is 5.51. The predicted octanol–water partition coefficient (Wildman–Crippen LogP) is 2.12. The molecule has 1 aliphatic rings. The number of benzene rings is 1. The van der Waals surface area contributed by atoms with Crippen LogP contribution in [0.1, 0.15) is 12.0 Å². The molecule has 3 nitrogen and oxygen atoms in total. The van der Waals surface area contributed by atoms with Crippen molar-refractivity contribution in [3.05, 3.63) is 23.8 Å². The van der Waals surface area contributed by atoms with E-state index in [9.17, 15) is 0 Å². The largest absolute Gasteiger partial charge is 0.496 e. The quantitative estimate of drug-likeness (QED) is 0.844. The van der Waals surface area contributed by atoms with Gasteiger partial charge in [0.15, 0.2) is 0 Å². The van der Waals surface area contributed by atoms with E-state index in [0.717, 1.165) is 12.3 Å². The van der Waals surface area contributed by atoms with E-state index in [1.165, 1.54) is 24.2 Å². The van der Waals surface area contributed by atoms with E-state index in [0.29, 0.717) is 6.04 Å². The number of aryl methyl sites for hydroxylation is 1. The van der Waals surface area contributed by atoms with Crippen LogP contribution in [0.25, 0.3) is 0 Å². The molecule has 88 valence electrons. The second-order valence-electron chi connectivity index (χ2n) is 4.58. The summed E-state index contributed by atoms with van der Waals surface area (Å²) in [5.41, 5.74) is 2.37. The van der Waals surface area contributed by atoms with Crippen LogP contribution in [0.5, 0.6) is 5.75 Å². The van der Waals surface area contributed by atoms with Gasteiger partial charge in [0, 0.05) is 18.3 Å². The van der Waals surface area contributed by atoms with E-state index in [1.54, 1.807) is 7.11 Å². The van der Waals surface area contributed by atoms with Gasteiger partial charge in [-0.1, -0.05) is 0 Å². The molecule has 3 heteroatoms. The molecular formula is C13H20N2O. The summed E-state index contributed by atoms with van der Waals surface area (Å²) in [5, 5.41) is 3.57. The maximum Gasteiger partial charge on any atom is 0.121 e. The zero-order chi connectivity index (χ0) is 11.5. The van der Waals surface area contributed by atoms with Crippen molar-refractivity contribution in [3.63, 3.8) is 0 Å². The summed E-state index contributed by atoms with van der Waals surface area (Å²) in [4.78, 5) is 2.36. The van der Waals surface area contributed by atoms with E-state index in [-0.39, 0.29) is 0 Å². The first kappa shape index (κ1) is 11.3. The molecule has 0 aliphatic carbocycles. The summed E-state index contributed by atoms with van der Waals surface area (Å²) in [7, 11) is 3.88. The third kappa shape index (κ3) is 2.47. The smallest absolute Gasteiger partial charge is 0.121 e. The summed E-state index contributed by atoms with van der Waals surface area (Å²) in [6.45, 7) is 4.39. The number of rotatable bonds is 3. The van der Waals surface area contributed by atoms with Crippen LogP contribution in [0.3, 0.4) is 0 Å². The Bertz CT molecular complexity index is 365. The average Bonchev–Trinajstić information content (AvgIpc) is 2.64. The lowest BCUT2D eigenvalue weighted by Gasteiger charge is -2.15. The fraction of sp³-hybridized carbons (Fsp3) is 0.538. The number of nitrogens with one attached hydrogen (secondary N) is 1. The minimum absolute atomic E-state index is 0.581. The topological polar surface area (TPSA) is 24.5 Å². The third-order valence-corrected chi connectivity index (χ3v) is 3.16. The highest BCUT2D eigenvalue weighted by Gasteiger charge is 2.18. The zero-order valence-electron chi connectivity index (χ0n) is 10.3. The molecule has 0 radical (unpaired) electrons. The first-order chi connectivity index (χ1) is 7.69. The van der Waals surface area contributed by atoms with Crippen molar-refractivity contribution in [3.8, 4) is 5.75 Å². The van der Waals surface area contributed by atoms with Crippen LogP contribution in [0.15, 0.2) is 18.2 Å². The summed E-state index contributed by atoms with van der Waals surface area (Å²) >= 11 is 0. The van der Waals surface area contributed by atoms with Crippen molar-refractivity contribution in [1.82, 2.24) is 4.90 Å². The molecule has 0 saturated carbocycles. The monoisotopic (exact) mass is 220 g/mol. The van der Waals surface area contributed by atoms with E-state index in [2.05, 4.69) is 36.3 Å². The highest BCUT2D eigenvalue weighted by Crippen LogP contribution is 2.23. The second-order valence-corrected chi connectivity index (χ2v) is 4.58. The molecule has 16 heavy (non-hydrogen) atoms. The van der Waals surface area contributed by atoms with Crippen LogP contribution in [0.4, 0.5) is 5.69 Å². The molecule has 0 spiro atoms. The molecule has 0 amide bonds. The van der Waals surface area contributed by atoms with Gasteiger partial charge in [0.2, 0.25) is 0 Å². The number of likely N-dealkylation sites (tertiary alicyclic amines) is 1. The Morgan fingerprint density at radius 1 is 1.44 bits per heavy atom. The molecule has 0 aromatic heterocycles. The third-order valence-electron chi connectivity index (χ3n) is 3.16. The highest BCUT2D eigenvalue weighted by atomic mass is 16.5. The molecule has 1 atom stereocenters. The summed E-state index contributed by atoms with van der Waals surface area (Å²) < 4.78 is 5.25. The molecule has 1 fully saturated rings. The summed E-state index contributed by atoms with van der Waals surface area (Å²) in [5.74, 6) is 0.953. The maximum atomic E-state index is 5.25. The first-order valence-electron chi connectivity index (χ1n) is 5.79. The summed E-state index contributed by atoms with van der Waals surface area (Å²) in [6.07, 6.45) is 1.22. The molecule has 0 bridgehead atoms. The molecule has 1 saturated heterocycles. The number of hydrogen-bond acceptors (Lipinski definition) is 3. The fourth-order valence-corrected chi connectivity index (χ4v) is 2.26. The lowest BCUT2D eigenvalue weighted by Crippen LogP contribution is -2.23. The number of nitrogens with zero attached hydrogens (tertiary/aromatic N) is 1. The van der Waals surface area contributed by atoms with Crippen LogP contribution in [-0.4, -0.2) is 38.2 Å². The van der Waals surface area contributed by atoms with Crippen LogP contribution in [0, 0.1) is 6.92 Å². The zero-order valence-corrected chi connectivity index (χ0v) is 10.3. The first-order valence-corrected chi connectivity index (χ1v) is 5.79. The van der Waals surface area contributed by atoms with Gasteiger partial charge in [0.25, 0.3) is 0 Å². The van der Waals surface area contributed by atoms with Gasteiger partial charge >= 0.3 is 0 Å². The van der Waals surface area contributed by atoms with Crippen molar-refractivity contribution in [2.24, 2.45) is 0 Å². The molecule has 1 aromatic rings. The fourth-order valence-electron chi connectivity index (χ4n) is 2.26. The Morgan fingerprint density at radius 2 is 2.25 bits per heavy atom. The SMILES string of the molecule is COc1ccc(NC2CCN(C)C2)cc1C. The summed E-state index contributed by atoms with van der Waals surface area (Å²) in [6, 6.07) is 6.84. The van der Waals surface area contributed by atoms with Crippen molar-refractivity contribution in [2.75, 3.05) is 32.6 Å². The number of hydrogen-bond donors (Lipinski definition) is 1. The van der Waals surface area contributed by atoms with Gasteiger partial charge in [-0.3, -0.25) is 0 Å². The molecule has 1 N–H and O–H groups in total. The van der Waals surface area contributed by atoms with Gasteiger partial charge in [0.1, 0.15) is 5.75 Å². The standard InChI is InChI=1S/C13H20N2O/c1-10-8-11(4-5-13(10)16-3)14-12-6-7-15(2)9-12/h4-5,8,12,14H,6-7,9H2,1-3H3. The van der Waals surface area contributed by atoms with Crippen molar-refractivity contribution < 1.29 is 4.74 Å². The van der Waals surface area contributed by atoms with E-state index >= 15 is 0 Å². The number of ether oxygens (including phenoxy) is 1. The predicted molar refractivity (Wildman–Crippen MR) is 67.3 cm³/mol. The van der Waals surface area contributed by atoms with Crippen LogP contribution < -0.4 is 10.1 Å². The molecule has 1 aromatic carbocycles. The minimum atomic E-state index is 0.581. The van der Waals surface area contributed by atoms with E-state index in [1.807, 2.05) is 6.07 Å². The van der Waals surface area contributed by atoms with Crippen molar-refractivity contribution >= 4 is 5.69 Å². The van der Waals surface area contributed by atoms with E-state index < -0.39 is 0 Å². The van der Waals surface area contributed by atoms with Crippen molar-refractivity contribution in [2.45, 2.75) is 19.4 Å². The Balaban J connectivity index is 2.02. The van der Waals surface area contributed by atoms with Gasteiger partial charge in [-0.2, -0.15) is 0 Å².